The molecule has 1 amide bonds. The summed E-state index contributed by atoms with van der Waals surface area (Å²) in [5.74, 6) is 0.843. The van der Waals surface area contributed by atoms with Crippen molar-refractivity contribution in [3.63, 3.8) is 0 Å². The zero-order valence-corrected chi connectivity index (χ0v) is 20.7. The van der Waals surface area contributed by atoms with E-state index in [-0.39, 0.29) is 34.8 Å². The SMILES string of the molecule is Br.CC(c1ccc2c(c1)CCO2)N1CCC(C(C(N)=O)(c2ccccc2)c2ccccc2)C1. The number of fused-ring (bicyclic) bond motifs is 1. The molecule has 5 rings (SSSR count). The lowest BCUT2D eigenvalue weighted by Gasteiger charge is -2.38. The molecule has 0 aliphatic carbocycles. The van der Waals surface area contributed by atoms with Crippen LogP contribution in [0.25, 0.3) is 0 Å². The summed E-state index contributed by atoms with van der Waals surface area (Å²) in [4.78, 5) is 15.8. The average molecular weight is 507 g/mol. The van der Waals surface area contributed by atoms with E-state index in [0.29, 0.717) is 0 Å². The Morgan fingerprint density at radius 1 is 1.03 bits per heavy atom. The number of primary amides is 1. The number of nitrogens with zero attached hydrogens (tertiary/aromatic N) is 1. The van der Waals surface area contributed by atoms with Crippen molar-refractivity contribution < 1.29 is 9.53 Å². The number of nitrogens with two attached hydrogens (primary N) is 1. The molecule has 1 saturated heterocycles. The highest BCUT2D eigenvalue weighted by Crippen LogP contribution is 2.45. The van der Waals surface area contributed by atoms with Crippen LogP contribution in [0.1, 0.15) is 41.6 Å². The van der Waals surface area contributed by atoms with Gasteiger partial charge in [-0.25, -0.2) is 0 Å². The lowest BCUT2D eigenvalue weighted by atomic mass is 9.64. The Hall–Kier alpha value is -2.63. The first-order valence-electron chi connectivity index (χ1n) is 11.5. The fourth-order valence-electron chi connectivity index (χ4n) is 5.70. The van der Waals surface area contributed by atoms with Crippen molar-refractivity contribution in [1.29, 1.82) is 0 Å². The Bertz CT molecular complexity index is 1060. The summed E-state index contributed by atoms with van der Waals surface area (Å²) in [6, 6.07) is 27.0. The molecule has 5 heteroatoms. The van der Waals surface area contributed by atoms with E-state index in [9.17, 15) is 4.79 Å². The summed E-state index contributed by atoms with van der Waals surface area (Å²) in [7, 11) is 0. The number of likely N-dealkylation sites (tertiary alicyclic amines) is 1. The number of carbonyl (C=O) groups is 1. The van der Waals surface area contributed by atoms with Gasteiger partial charge in [-0.1, -0.05) is 72.8 Å². The molecule has 4 nitrogen and oxygen atoms in total. The van der Waals surface area contributed by atoms with Crippen LogP contribution >= 0.6 is 17.0 Å². The summed E-state index contributed by atoms with van der Waals surface area (Å²) in [5.41, 5.74) is 9.95. The van der Waals surface area contributed by atoms with Gasteiger partial charge in [0.05, 0.1) is 6.61 Å². The second-order valence-corrected chi connectivity index (χ2v) is 9.03. The molecule has 2 heterocycles. The zero-order chi connectivity index (χ0) is 22.1. The first-order valence-corrected chi connectivity index (χ1v) is 11.5. The monoisotopic (exact) mass is 506 g/mol. The Morgan fingerprint density at radius 3 is 2.27 bits per heavy atom. The van der Waals surface area contributed by atoms with Crippen molar-refractivity contribution in [3.05, 3.63) is 101 Å². The topological polar surface area (TPSA) is 55.6 Å². The second-order valence-electron chi connectivity index (χ2n) is 9.03. The van der Waals surface area contributed by atoms with E-state index in [1.54, 1.807) is 0 Å². The smallest absolute Gasteiger partial charge is 0.232 e. The van der Waals surface area contributed by atoms with Crippen LogP contribution in [0, 0.1) is 5.92 Å². The number of ether oxygens (including phenoxy) is 1. The molecule has 0 bridgehead atoms. The minimum absolute atomic E-state index is 0. The van der Waals surface area contributed by atoms with Crippen LogP contribution in [0.3, 0.4) is 0 Å². The summed E-state index contributed by atoms with van der Waals surface area (Å²) in [5, 5.41) is 0. The maximum atomic E-state index is 13.3. The quantitative estimate of drug-likeness (QED) is 0.508. The summed E-state index contributed by atoms with van der Waals surface area (Å²) >= 11 is 0. The Morgan fingerprint density at radius 2 is 1.67 bits per heavy atom. The van der Waals surface area contributed by atoms with Gasteiger partial charge in [0.1, 0.15) is 11.2 Å². The average Bonchev–Trinajstić information content (AvgIpc) is 3.50. The molecule has 0 spiro atoms. The summed E-state index contributed by atoms with van der Waals surface area (Å²) in [6.45, 7) is 4.79. The van der Waals surface area contributed by atoms with Crippen molar-refractivity contribution in [2.45, 2.75) is 31.2 Å². The number of hydrogen-bond acceptors (Lipinski definition) is 3. The highest BCUT2D eigenvalue weighted by atomic mass is 79.9. The molecular formula is C28H31BrN2O2. The fraction of sp³-hybridized carbons (Fsp3) is 0.321. The van der Waals surface area contributed by atoms with E-state index < -0.39 is 5.41 Å². The van der Waals surface area contributed by atoms with Gasteiger partial charge in [0.2, 0.25) is 5.91 Å². The Kier molecular flexibility index (Phi) is 6.91. The van der Waals surface area contributed by atoms with Gasteiger partial charge in [0, 0.05) is 19.0 Å². The minimum atomic E-state index is -0.844. The van der Waals surface area contributed by atoms with Gasteiger partial charge in [-0.05, 0) is 54.1 Å². The van der Waals surface area contributed by atoms with Crippen LogP contribution in [-0.2, 0) is 16.6 Å². The Labute approximate surface area is 206 Å². The van der Waals surface area contributed by atoms with Crippen molar-refractivity contribution >= 4 is 22.9 Å². The van der Waals surface area contributed by atoms with Crippen LogP contribution in [0.15, 0.2) is 78.9 Å². The fourth-order valence-corrected chi connectivity index (χ4v) is 5.70. The van der Waals surface area contributed by atoms with Crippen molar-refractivity contribution in [1.82, 2.24) is 4.90 Å². The van der Waals surface area contributed by atoms with Gasteiger partial charge in [-0.2, -0.15) is 0 Å². The number of amides is 1. The number of benzene rings is 3. The van der Waals surface area contributed by atoms with Crippen molar-refractivity contribution in [2.75, 3.05) is 19.7 Å². The zero-order valence-electron chi connectivity index (χ0n) is 18.9. The molecule has 2 aliphatic heterocycles. The maximum absolute atomic E-state index is 13.3. The van der Waals surface area contributed by atoms with Gasteiger partial charge in [-0.15, -0.1) is 17.0 Å². The van der Waals surface area contributed by atoms with Crippen LogP contribution in [0.4, 0.5) is 0 Å². The largest absolute Gasteiger partial charge is 0.493 e. The van der Waals surface area contributed by atoms with Crippen LogP contribution < -0.4 is 10.5 Å². The second kappa shape index (κ2) is 9.70. The van der Waals surface area contributed by atoms with Crippen LogP contribution in [0.5, 0.6) is 5.75 Å². The van der Waals surface area contributed by atoms with E-state index in [0.717, 1.165) is 49.4 Å². The first-order chi connectivity index (χ1) is 15.6. The van der Waals surface area contributed by atoms with E-state index in [2.05, 4.69) is 30.0 Å². The first kappa shape index (κ1) is 23.5. The normalized spacial score (nSPS) is 18.8. The molecule has 2 N–H and O–H groups in total. The number of rotatable bonds is 6. The highest BCUT2D eigenvalue weighted by Gasteiger charge is 2.50. The Balaban J connectivity index is 0.00000259. The molecule has 33 heavy (non-hydrogen) atoms. The molecule has 1 fully saturated rings. The molecule has 3 aromatic rings. The minimum Gasteiger partial charge on any atom is -0.493 e. The van der Waals surface area contributed by atoms with Crippen molar-refractivity contribution in [2.24, 2.45) is 11.7 Å². The number of halogens is 1. The molecule has 3 aromatic carbocycles. The summed E-state index contributed by atoms with van der Waals surface area (Å²) < 4.78 is 5.68. The molecule has 2 aliphatic rings. The predicted molar refractivity (Wildman–Crippen MR) is 137 cm³/mol. The molecule has 2 atom stereocenters. The third kappa shape index (κ3) is 4.09. The third-order valence-electron chi connectivity index (χ3n) is 7.42. The third-order valence-corrected chi connectivity index (χ3v) is 7.42. The molecular weight excluding hydrogens is 476 g/mol. The molecule has 0 aromatic heterocycles. The van der Waals surface area contributed by atoms with Gasteiger partial charge in [-0.3, -0.25) is 9.69 Å². The van der Waals surface area contributed by atoms with Gasteiger partial charge >= 0.3 is 0 Å². The van der Waals surface area contributed by atoms with Gasteiger partial charge in [0.15, 0.2) is 0 Å². The maximum Gasteiger partial charge on any atom is 0.232 e. The standard InChI is InChI=1S/C28H30N2O2.BrH/c1-20(21-12-13-26-22(18-21)15-17-32-26)30-16-14-25(19-30)28(27(29)31,23-8-4-2-5-9-23)24-10-6-3-7-11-24;/h2-13,18,20,25H,14-17,19H2,1H3,(H2,29,31);1H. The van der Waals surface area contributed by atoms with Crippen LogP contribution in [-0.4, -0.2) is 30.5 Å². The van der Waals surface area contributed by atoms with Crippen LogP contribution in [0.2, 0.25) is 0 Å². The predicted octanol–water partition coefficient (Wildman–Crippen LogP) is 5.05. The lowest BCUT2D eigenvalue weighted by Crippen LogP contribution is -2.49. The number of hydrogen-bond donors (Lipinski definition) is 1. The van der Waals surface area contributed by atoms with E-state index >= 15 is 0 Å². The summed E-state index contributed by atoms with van der Waals surface area (Å²) in [6.07, 6.45) is 1.90. The van der Waals surface area contributed by atoms with E-state index in [1.165, 1.54) is 11.1 Å². The molecule has 2 unspecified atom stereocenters. The van der Waals surface area contributed by atoms with Gasteiger partial charge < -0.3 is 10.5 Å². The highest BCUT2D eigenvalue weighted by molar-refractivity contribution is 8.93. The van der Waals surface area contributed by atoms with E-state index in [1.807, 2.05) is 60.7 Å². The van der Waals surface area contributed by atoms with E-state index in [4.69, 9.17) is 10.5 Å². The number of carbonyl (C=O) groups excluding carboxylic acids is 1. The molecule has 0 saturated carbocycles. The molecule has 172 valence electrons. The van der Waals surface area contributed by atoms with Crippen molar-refractivity contribution in [3.8, 4) is 5.75 Å². The van der Waals surface area contributed by atoms with Gasteiger partial charge in [0.25, 0.3) is 0 Å². The molecule has 0 radical (unpaired) electrons. The lowest BCUT2D eigenvalue weighted by molar-refractivity contribution is -0.123.